The number of amides is 1. The molecule has 2 atom stereocenters. The molecule has 1 aromatic carbocycles. The average molecular weight is 291 g/mol. The van der Waals surface area contributed by atoms with Crippen LogP contribution in [0.5, 0.6) is 0 Å². The van der Waals surface area contributed by atoms with E-state index in [2.05, 4.69) is 36.5 Å². The van der Waals surface area contributed by atoms with Gasteiger partial charge in [0.2, 0.25) is 5.91 Å². The zero-order valence-corrected chi connectivity index (χ0v) is 12.9. The number of rotatable bonds is 6. The number of aryl methyl sites for hydroxylation is 1. The Morgan fingerprint density at radius 2 is 2.14 bits per heavy atom. The molecule has 1 saturated heterocycles. The highest BCUT2D eigenvalue weighted by molar-refractivity contribution is 5.77. The molecule has 1 N–H and O–H groups in total. The number of ether oxygens (including phenoxy) is 2. The van der Waals surface area contributed by atoms with Crippen molar-refractivity contribution in [2.75, 3.05) is 26.4 Å². The molecule has 4 nitrogen and oxygen atoms in total. The van der Waals surface area contributed by atoms with Gasteiger partial charge in [-0.05, 0) is 32.3 Å². The molecule has 0 spiro atoms. The third-order valence-electron chi connectivity index (χ3n) is 3.85. The number of carbonyl (C=O) groups excluding carboxylic acids is 1. The molecule has 0 radical (unpaired) electrons. The zero-order chi connectivity index (χ0) is 15.1. The van der Waals surface area contributed by atoms with E-state index in [1.165, 1.54) is 11.1 Å². The summed E-state index contributed by atoms with van der Waals surface area (Å²) < 4.78 is 11.1. The van der Waals surface area contributed by atoms with E-state index in [0.717, 1.165) is 19.4 Å². The number of hydrogen-bond acceptors (Lipinski definition) is 3. The zero-order valence-electron chi connectivity index (χ0n) is 12.9. The van der Waals surface area contributed by atoms with Gasteiger partial charge in [-0.2, -0.15) is 0 Å². The fourth-order valence-electron chi connectivity index (χ4n) is 2.67. The maximum absolute atomic E-state index is 11.7. The summed E-state index contributed by atoms with van der Waals surface area (Å²) in [6.07, 6.45) is 2.20. The summed E-state index contributed by atoms with van der Waals surface area (Å²) in [5, 5.41) is 2.95. The van der Waals surface area contributed by atoms with Crippen molar-refractivity contribution < 1.29 is 14.3 Å². The van der Waals surface area contributed by atoms with Crippen molar-refractivity contribution in [1.29, 1.82) is 0 Å². The first-order valence-electron chi connectivity index (χ1n) is 7.73. The van der Waals surface area contributed by atoms with Crippen molar-refractivity contribution in [2.45, 2.75) is 32.8 Å². The molecule has 1 aliphatic rings. The van der Waals surface area contributed by atoms with Crippen molar-refractivity contribution in [2.24, 2.45) is 5.92 Å². The van der Waals surface area contributed by atoms with E-state index < -0.39 is 0 Å². The predicted molar refractivity (Wildman–Crippen MR) is 82.1 cm³/mol. The van der Waals surface area contributed by atoms with E-state index in [4.69, 9.17) is 9.47 Å². The van der Waals surface area contributed by atoms with Crippen molar-refractivity contribution in [3.05, 3.63) is 35.4 Å². The monoisotopic (exact) mass is 291 g/mol. The summed E-state index contributed by atoms with van der Waals surface area (Å²) in [7, 11) is 0. The fraction of sp³-hybridized carbons (Fsp3) is 0.588. The Balaban J connectivity index is 1.92. The molecule has 0 bridgehead atoms. The molecule has 1 aromatic rings. The van der Waals surface area contributed by atoms with Gasteiger partial charge in [-0.25, -0.2) is 0 Å². The first kappa shape index (κ1) is 16.0. The van der Waals surface area contributed by atoms with Gasteiger partial charge in [-0.1, -0.05) is 29.8 Å². The summed E-state index contributed by atoms with van der Waals surface area (Å²) in [6, 6.07) is 8.47. The molecule has 1 heterocycles. The van der Waals surface area contributed by atoms with E-state index in [1.807, 2.05) is 6.92 Å². The van der Waals surface area contributed by atoms with Crippen LogP contribution in [0.1, 0.15) is 37.0 Å². The topological polar surface area (TPSA) is 47.6 Å². The van der Waals surface area contributed by atoms with E-state index in [1.54, 1.807) is 0 Å². The van der Waals surface area contributed by atoms with Gasteiger partial charge >= 0.3 is 0 Å². The normalized spacial score (nSPS) is 22.0. The van der Waals surface area contributed by atoms with Crippen LogP contribution in [0, 0.1) is 12.8 Å². The van der Waals surface area contributed by atoms with E-state index in [-0.39, 0.29) is 18.6 Å². The Hall–Kier alpha value is -1.39. The van der Waals surface area contributed by atoms with Gasteiger partial charge in [0.15, 0.2) is 0 Å². The summed E-state index contributed by atoms with van der Waals surface area (Å²) in [4.78, 5) is 11.7. The van der Waals surface area contributed by atoms with Crippen molar-refractivity contribution in [3.63, 3.8) is 0 Å². The third-order valence-corrected chi connectivity index (χ3v) is 3.85. The number of benzene rings is 1. The Morgan fingerprint density at radius 3 is 2.86 bits per heavy atom. The van der Waals surface area contributed by atoms with Crippen LogP contribution in [0.4, 0.5) is 0 Å². The highest BCUT2D eigenvalue weighted by Gasteiger charge is 2.27. The lowest BCUT2D eigenvalue weighted by Crippen LogP contribution is -2.36. The molecule has 0 aliphatic carbocycles. The maximum atomic E-state index is 11.7. The van der Waals surface area contributed by atoms with Crippen molar-refractivity contribution >= 4 is 5.91 Å². The van der Waals surface area contributed by atoms with Gasteiger partial charge in [-0.15, -0.1) is 0 Å². The largest absolute Gasteiger partial charge is 0.373 e. The summed E-state index contributed by atoms with van der Waals surface area (Å²) in [5.74, 6) is 0.275. The van der Waals surface area contributed by atoms with E-state index in [9.17, 15) is 4.79 Å². The standard InChI is InChI=1S/C17H25NO3/c1-3-20-12-16(19)18-11-15-5-4-10-21-17(15)14-8-6-13(2)7-9-14/h6-9,15,17H,3-5,10-12H2,1-2H3,(H,18,19)/t15-,17-/m1/s1. The Bertz CT molecular complexity index is 444. The minimum atomic E-state index is -0.0509. The third kappa shape index (κ3) is 4.83. The van der Waals surface area contributed by atoms with Crippen LogP contribution in [-0.4, -0.2) is 32.3 Å². The van der Waals surface area contributed by atoms with Crippen LogP contribution in [-0.2, 0) is 14.3 Å². The molecular formula is C17H25NO3. The summed E-state index contributed by atoms with van der Waals surface area (Å²) >= 11 is 0. The fourth-order valence-corrected chi connectivity index (χ4v) is 2.67. The van der Waals surface area contributed by atoms with Gasteiger partial charge in [0.05, 0.1) is 6.10 Å². The Morgan fingerprint density at radius 1 is 1.38 bits per heavy atom. The van der Waals surface area contributed by atoms with Crippen LogP contribution >= 0.6 is 0 Å². The quantitative estimate of drug-likeness (QED) is 0.876. The smallest absolute Gasteiger partial charge is 0.246 e. The lowest BCUT2D eigenvalue weighted by molar-refractivity contribution is -0.126. The second kappa shape index (κ2) is 8.15. The first-order valence-corrected chi connectivity index (χ1v) is 7.73. The average Bonchev–Trinajstić information content (AvgIpc) is 2.52. The van der Waals surface area contributed by atoms with Crippen LogP contribution < -0.4 is 5.32 Å². The highest BCUT2D eigenvalue weighted by Crippen LogP contribution is 2.33. The molecule has 0 saturated carbocycles. The lowest BCUT2D eigenvalue weighted by Gasteiger charge is -2.32. The molecule has 4 heteroatoms. The maximum Gasteiger partial charge on any atom is 0.246 e. The molecule has 1 aliphatic heterocycles. The van der Waals surface area contributed by atoms with E-state index >= 15 is 0 Å². The molecule has 2 rings (SSSR count). The van der Waals surface area contributed by atoms with Crippen LogP contribution in [0.25, 0.3) is 0 Å². The van der Waals surface area contributed by atoms with Crippen LogP contribution in [0.15, 0.2) is 24.3 Å². The number of hydrogen-bond donors (Lipinski definition) is 1. The minimum Gasteiger partial charge on any atom is -0.373 e. The molecule has 0 aromatic heterocycles. The SMILES string of the molecule is CCOCC(=O)NC[C@H]1CCCO[C@@H]1c1ccc(C)cc1. The highest BCUT2D eigenvalue weighted by atomic mass is 16.5. The second-order valence-corrected chi connectivity index (χ2v) is 5.55. The van der Waals surface area contributed by atoms with Crippen molar-refractivity contribution in [1.82, 2.24) is 5.32 Å². The van der Waals surface area contributed by atoms with Crippen LogP contribution in [0.3, 0.4) is 0 Å². The Labute approximate surface area is 126 Å². The summed E-state index contributed by atoms with van der Waals surface area (Å²) in [6.45, 7) is 6.10. The Kier molecular flexibility index (Phi) is 6.21. The van der Waals surface area contributed by atoms with Gasteiger partial charge < -0.3 is 14.8 Å². The van der Waals surface area contributed by atoms with Gasteiger partial charge in [0.25, 0.3) is 0 Å². The first-order chi connectivity index (χ1) is 10.2. The molecule has 1 amide bonds. The van der Waals surface area contributed by atoms with Gasteiger partial charge in [-0.3, -0.25) is 4.79 Å². The van der Waals surface area contributed by atoms with E-state index in [0.29, 0.717) is 19.1 Å². The van der Waals surface area contributed by atoms with Crippen LogP contribution in [0.2, 0.25) is 0 Å². The second-order valence-electron chi connectivity index (χ2n) is 5.55. The summed E-state index contributed by atoms with van der Waals surface area (Å²) in [5.41, 5.74) is 2.44. The number of carbonyl (C=O) groups is 1. The molecule has 1 fully saturated rings. The minimum absolute atomic E-state index is 0.0509. The van der Waals surface area contributed by atoms with Crippen molar-refractivity contribution in [3.8, 4) is 0 Å². The van der Waals surface area contributed by atoms with Gasteiger partial charge in [0.1, 0.15) is 6.61 Å². The molecule has 0 unspecified atom stereocenters. The lowest BCUT2D eigenvalue weighted by atomic mass is 9.89. The molecule has 21 heavy (non-hydrogen) atoms. The molecular weight excluding hydrogens is 266 g/mol. The molecule has 116 valence electrons. The van der Waals surface area contributed by atoms with Gasteiger partial charge in [0, 0.05) is 25.7 Å². The number of nitrogens with one attached hydrogen (secondary N) is 1. The predicted octanol–water partition coefficient (Wildman–Crippen LogP) is 2.62.